The van der Waals surface area contributed by atoms with Crippen molar-refractivity contribution < 1.29 is 4.74 Å². The van der Waals surface area contributed by atoms with E-state index in [1.54, 1.807) is 0 Å². The van der Waals surface area contributed by atoms with Crippen molar-refractivity contribution in [2.75, 3.05) is 13.2 Å². The molecule has 0 amide bonds. The summed E-state index contributed by atoms with van der Waals surface area (Å²) in [5.41, 5.74) is 1.26. The van der Waals surface area contributed by atoms with Gasteiger partial charge < -0.3 is 10.1 Å². The highest BCUT2D eigenvalue weighted by atomic mass is 35.5. The quantitative estimate of drug-likeness (QED) is 0.888. The zero-order chi connectivity index (χ0) is 11.7. The topological polar surface area (TPSA) is 21.3 Å². The molecule has 1 aliphatic carbocycles. The monoisotopic (exact) mass is 251 g/mol. The van der Waals surface area contributed by atoms with E-state index < -0.39 is 0 Å². The van der Waals surface area contributed by atoms with Gasteiger partial charge >= 0.3 is 0 Å². The fourth-order valence-corrected chi connectivity index (χ4v) is 2.60. The average Bonchev–Trinajstić information content (AvgIpc) is 3.06. The van der Waals surface area contributed by atoms with Crippen molar-refractivity contribution in [3.05, 3.63) is 34.9 Å². The van der Waals surface area contributed by atoms with E-state index in [-0.39, 0.29) is 6.10 Å². The first-order chi connectivity index (χ1) is 8.33. The molecular formula is C14H18ClNO. The van der Waals surface area contributed by atoms with E-state index in [4.69, 9.17) is 16.3 Å². The van der Waals surface area contributed by atoms with Gasteiger partial charge in [-0.15, -0.1) is 0 Å². The molecule has 0 bridgehead atoms. The first-order valence-corrected chi connectivity index (χ1v) is 6.81. The Hall–Kier alpha value is -0.570. The largest absolute Gasteiger partial charge is 0.373 e. The van der Waals surface area contributed by atoms with Crippen LogP contribution >= 0.6 is 11.6 Å². The standard InChI is InChI=1S/C14H18ClNO/c15-12-3-1-10(2-4-12)14-11(7-8-17-14)9-16-13-5-6-13/h1-4,11,13-14,16H,5-9H2. The SMILES string of the molecule is Clc1ccc(C2OCCC2CNC2CC2)cc1. The minimum atomic E-state index is 0.249. The molecule has 1 N–H and O–H groups in total. The van der Waals surface area contributed by atoms with E-state index in [9.17, 15) is 0 Å². The van der Waals surface area contributed by atoms with E-state index in [2.05, 4.69) is 17.4 Å². The molecule has 1 saturated heterocycles. The number of halogens is 1. The molecule has 3 rings (SSSR count). The summed E-state index contributed by atoms with van der Waals surface area (Å²) < 4.78 is 5.86. The summed E-state index contributed by atoms with van der Waals surface area (Å²) in [4.78, 5) is 0. The highest BCUT2D eigenvalue weighted by molar-refractivity contribution is 6.30. The molecule has 1 aromatic carbocycles. The maximum absolute atomic E-state index is 5.91. The second kappa shape index (κ2) is 4.97. The Bertz CT molecular complexity index is 374. The molecule has 2 atom stereocenters. The fourth-order valence-electron chi connectivity index (χ4n) is 2.47. The lowest BCUT2D eigenvalue weighted by Gasteiger charge is -2.19. The second-order valence-corrected chi connectivity index (χ2v) is 5.51. The molecule has 0 aromatic heterocycles. The maximum Gasteiger partial charge on any atom is 0.0866 e. The minimum absolute atomic E-state index is 0.249. The Morgan fingerprint density at radius 3 is 2.65 bits per heavy atom. The molecule has 3 heteroatoms. The Kier molecular flexibility index (Phi) is 3.37. The van der Waals surface area contributed by atoms with Crippen molar-refractivity contribution in [2.45, 2.75) is 31.4 Å². The van der Waals surface area contributed by atoms with Crippen molar-refractivity contribution in [2.24, 2.45) is 5.92 Å². The van der Waals surface area contributed by atoms with Crippen LogP contribution in [0.3, 0.4) is 0 Å². The molecule has 1 heterocycles. The van der Waals surface area contributed by atoms with E-state index in [1.165, 1.54) is 18.4 Å². The third-order valence-corrected chi connectivity index (χ3v) is 3.91. The van der Waals surface area contributed by atoms with Gasteiger partial charge in [-0.25, -0.2) is 0 Å². The highest BCUT2D eigenvalue weighted by Crippen LogP contribution is 2.35. The number of benzene rings is 1. The van der Waals surface area contributed by atoms with Gasteiger partial charge in [0.2, 0.25) is 0 Å². The number of nitrogens with one attached hydrogen (secondary N) is 1. The Balaban J connectivity index is 1.65. The van der Waals surface area contributed by atoms with E-state index >= 15 is 0 Å². The van der Waals surface area contributed by atoms with Gasteiger partial charge in [-0.05, 0) is 37.0 Å². The lowest BCUT2D eigenvalue weighted by molar-refractivity contribution is 0.0904. The second-order valence-electron chi connectivity index (χ2n) is 5.07. The molecule has 1 aromatic rings. The molecule has 0 radical (unpaired) electrons. The summed E-state index contributed by atoms with van der Waals surface area (Å²) in [7, 11) is 0. The van der Waals surface area contributed by atoms with Crippen molar-refractivity contribution in [3.8, 4) is 0 Å². The molecule has 2 aliphatic rings. The molecule has 1 aliphatic heterocycles. The van der Waals surface area contributed by atoms with Crippen LogP contribution in [-0.2, 0) is 4.74 Å². The summed E-state index contributed by atoms with van der Waals surface area (Å²) >= 11 is 5.91. The highest BCUT2D eigenvalue weighted by Gasteiger charge is 2.31. The van der Waals surface area contributed by atoms with Gasteiger partial charge in [0.15, 0.2) is 0 Å². The Morgan fingerprint density at radius 2 is 1.94 bits per heavy atom. The van der Waals surface area contributed by atoms with Crippen LogP contribution in [0.15, 0.2) is 24.3 Å². The Labute approximate surface area is 107 Å². The van der Waals surface area contributed by atoms with E-state index in [1.807, 2.05) is 12.1 Å². The lowest BCUT2D eigenvalue weighted by atomic mass is 9.95. The average molecular weight is 252 g/mol. The first kappa shape index (κ1) is 11.5. The summed E-state index contributed by atoms with van der Waals surface area (Å²) in [6, 6.07) is 8.85. The first-order valence-electron chi connectivity index (χ1n) is 6.43. The van der Waals surface area contributed by atoms with E-state index in [0.29, 0.717) is 5.92 Å². The van der Waals surface area contributed by atoms with Gasteiger partial charge in [-0.2, -0.15) is 0 Å². The zero-order valence-electron chi connectivity index (χ0n) is 9.86. The Morgan fingerprint density at radius 1 is 1.18 bits per heavy atom. The molecule has 2 nitrogen and oxygen atoms in total. The number of hydrogen-bond donors (Lipinski definition) is 1. The van der Waals surface area contributed by atoms with Crippen LogP contribution in [0.4, 0.5) is 0 Å². The zero-order valence-corrected chi connectivity index (χ0v) is 10.6. The normalized spacial score (nSPS) is 28.5. The van der Waals surface area contributed by atoms with Crippen molar-refractivity contribution >= 4 is 11.6 Å². The predicted molar refractivity (Wildman–Crippen MR) is 69.3 cm³/mol. The smallest absolute Gasteiger partial charge is 0.0866 e. The molecule has 1 saturated carbocycles. The van der Waals surface area contributed by atoms with Crippen LogP contribution in [0.1, 0.15) is 30.9 Å². The lowest BCUT2D eigenvalue weighted by Crippen LogP contribution is -2.26. The van der Waals surface area contributed by atoms with Gasteiger partial charge in [0.25, 0.3) is 0 Å². The van der Waals surface area contributed by atoms with Crippen LogP contribution in [0.5, 0.6) is 0 Å². The van der Waals surface area contributed by atoms with Crippen molar-refractivity contribution in [1.82, 2.24) is 5.32 Å². The van der Waals surface area contributed by atoms with Crippen LogP contribution in [0, 0.1) is 5.92 Å². The van der Waals surface area contributed by atoms with Crippen LogP contribution < -0.4 is 5.32 Å². The summed E-state index contributed by atoms with van der Waals surface area (Å²) in [6.07, 6.45) is 4.10. The van der Waals surface area contributed by atoms with Crippen LogP contribution in [0.2, 0.25) is 5.02 Å². The van der Waals surface area contributed by atoms with Gasteiger partial charge in [0.1, 0.15) is 0 Å². The predicted octanol–water partition coefficient (Wildman–Crippen LogP) is 3.17. The molecule has 2 unspecified atom stereocenters. The van der Waals surface area contributed by atoms with Gasteiger partial charge in [0, 0.05) is 30.1 Å². The molecule has 0 spiro atoms. The molecule has 2 fully saturated rings. The fraction of sp³-hybridized carbons (Fsp3) is 0.571. The van der Waals surface area contributed by atoms with Crippen molar-refractivity contribution in [3.63, 3.8) is 0 Å². The number of ether oxygens (including phenoxy) is 1. The third-order valence-electron chi connectivity index (χ3n) is 3.66. The number of hydrogen-bond acceptors (Lipinski definition) is 2. The summed E-state index contributed by atoms with van der Waals surface area (Å²) in [5.74, 6) is 0.608. The minimum Gasteiger partial charge on any atom is -0.373 e. The maximum atomic E-state index is 5.91. The molecule has 17 heavy (non-hydrogen) atoms. The summed E-state index contributed by atoms with van der Waals surface area (Å²) in [5, 5.41) is 4.39. The summed E-state index contributed by atoms with van der Waals surface area (Å²) in [6.45, 7) is 1.96. The molecule has 92 valence electrons. The van der Waals surface area contributed by atoms with Crippen LogP contribution in [-0.4, -0.2) is 19.2 Å². The molecular weight excluding hydrogens is 234 g/mol. The van der Waals surface area contributed by atoms with Gasteiger partial charge in [0.05, 0.1) is 6.10 Å². The van der Waals surface area contributed by atoms with Crippen LogP contribution in [0.25, 0.3) is 0 Å². The third kappa shape index (κ3) is 2.82. The number of rotatable bonds is 4. The van der Waals surface area contributed by atoms with Gasteiger partial charge in [-0.1, -0.05) is 23.7 Å². The van der Waals surface area contributed by atoms with Gasteiger partial charge in [-0.3, -0.25) is 0 Å². The van der Waals surface area contributed by atoms with Crippen molar-refractivity contribution in [1.29, 1.82) is 0 Å². The van der Waals surface area contributed by atoms with E-state index in [0.717, 1.165) is 30.6 Å².